The second-order valence-electron chi connectivity index (χ2n) is 5.83. The van der Waals surface area contributed by atoms with Gasteiger partial charge in [-0.3, -0.25) is 4.79 Å². The maximum absolute atomic E-state index is 11.8. The van der Waals surface area contributed by atoms with Crippen LogP contribution in [-0.4, -0.2) is 18.4 Å². The average molecular weight is 432 g/mol. The summed E-state index contributed by atoms with van der Waals surface area (Å²) in [6.45, 7) is 7.53. The van der Waals surface area contributed by atoms with Crippen LogP contribution in [0, 0.1) is 5.92 Å². The van der Waals surface area contributed by atoms with Crippen LogP contribution in [0.15, 0.2) is 29.3 Å². The molecule has 5 nitrogen and oxygen atoms in total. The number of nitrogens with one attached hydrogen (secondary N) is 2. The van der Waals surface area contributed by atoms with E-state index in [2.05, 4.69) is 22.5 Å². The minimum Gasteiger partial charge on any atom is -0.370 e. The van der Waals surface area contributed by atoms with E-state index in [1.165, 1.54) is 0 Å². The maximum atomic E-state index is 11.8. The number of nitrogens with two attached hydrogens (primary N) is 1. The molecule has 0 bridgehead atoms. The molecule has 0 saturated heterocycles. The number of guanidine groups is 1. The molecule has 0 aliphatic rings. The number of amides is 1. The number of nitrogens with zero attached hydrogens (tertiary/aromatic N) is 1. The number of rotatable bonds is 8. The Bertz CT molecular complexity index is 503. The Morgan fingerprint density at radius 2 is 2.09 bits per heavy atom. The second-order valence-corrected chi connectivity index (χ2v) is 5.83. The molecule has 1 rings (SSSR count). The summed E-state index contributed by atoms with van der Waals surface area (Å²) in [6.07, 6.45) is 2.72. The van der Waals surface area contributed by atoms with Crippen LogP contribution in [0.5, 0.6) is 0 Å². The van der Waals surface area contributed by atoms with Crippen molar-refractivity contribution < 1.29 is 4.79 Å². The first-order valence-electron chi connectivity index (χ1n) is 7.93. The molecule has 0 aliphatic carbocycles. The fourth-order valence-electron chi connectivity index (χ4n) is 1.96. The summed E-state index contributed by atoms with van der Waals surface area (Å²) in [4.78, 5) is 16.1. The van der Waals surface area contributed by atoms with Crippen LogP contribution in [0.1, 0.15) is 45.6 Å². The number of carbonyl (C=O) groups is 1. The minimum absolute atomic E-state index is 0. The van der Waals surface area contributed by atoms with Crippen molar-refractivity contribution in [3.05, 3.63) is 29.8 Å². The summed E-state index contributed by atoms with van der Waals surface area (Å²) in [5.74, 6) is 0.848. The summed E-state index contributed by atoms with van der Waals surface area (Å²) < 4.78 is 0. The normalized spacial score (nSPS) is 11.0. The van der Waals surface area contributed by atoms with Crippen LogP contribution in [0.2, 0.25) is 0 Å². The Hall–Kier alpha value is -1.31. The fourth-order valence-corrected chi connectivity index (χ4v) is 1.96. The van der Waals surface area contributed by atoms with E-state index >= 15 is 0 Å². The number of anilines is 1. The van der Waals surface area contributed by atoms with Gasteiger partial charge in [0.25, 0.3) is 0 Å². The van der Waals surface area contributed by atoms with E-state index in [9.17, 15) is 4.79 Å². The highest BCUT2D eigenvalue weighted by Gasteiger charge is 2.05. The summed E-state index contributed by atoms with van der Waals surface area (Å²) in [6, 6.07) is 7.70. The first-order chi connectivity index (χ1) is 10.5. The molecule has 1 amide bonds. The van der Waals surface area contributed by atoms with Gasteiger partial charge in [0, 0.05) is 18.7 Å². The van der Waals surface area contributed by atoms with Crippen LogP contribution in [0.4, 0.5) is 5.69 Å². The summed E-state index contributed by atoms with van der Waals surface area (Å²) in [5, 5.41) is 5.99. The average Bonchev–Trinajstić information content (AvgIpc) is 2.45. The smallest absolute Gasteiger partial charge is 0.224 e. The van der Waals surface area contributed by atoms with Gasteiger partial charge in [0.1, 0.15) is 0 Å². The third-order valence-electron chi connectivity index (χ3n) is 3.07. The molecule has 0 atom stereocenters. The van der Waals surface area contributed by atoms with Crippen LogP contribution >= 0.6 is 24.0 Å². The zero-order valence-corrected chi connectivity index (χ0v) is 16.6. The number of carbonyl (C=O) groups excluding carboxylic acids is 1. The number of benzene rings is 1. The molecule has 4 N–H and O–H groups in total. The van der Waals surface area contributed by atoms with Gasteiger partial charge in [0.15, 0.2) is 5.96 Å². The van der Waals surface area contributed by atoms with Crippen LogP contribution in [0.3, 0.4) is 0 Å². The van der Waals surface area contributed by atoms with E-state index in [0.29, 0.717) is 24.8 Å². The van der Waals surface area contributed by atoms with Crippen LogP contribution < -0.4 is 16.4 Å². The van der Waals surface area contributed by atoms with E-state index < -0.39 is 0 Å². The first kappa shape index (κ1) is 21.7. The van der Waals surface area contributed by atoms with Gasteiger partial charge in [-0.05, 0) is 30.0 Å². The molecular formula is C17H29IN4O. The van der Waals surface area contributed by atoms with Crippen molar-refractivity contribution in [2.75, 3.05) is 11.9 Å². The minimum atomic E-state index is 0. The number of unbranched alkanes of at least 4 members (excludes halogenated alkanes) is 1. The van der Waals surface area contributed by atoms with Gasteiger partial charge in [0.2, 0.25) is 5.91 Å². The molecule has 0 spiro atoms. The van der Waals surface area contributed by atoms with Gasteiger partial charge < -0.3 is 16.4 Å². The van der Waals surface area contributed by atoms with Crippen LogP contribution in [0.25, 0.3) is 0 Å². The molecule has 1 aromatic rings. The highest BCUT2D eigenvalue weighted by atomic mass is 127. The molecule has 1 aromatic carbocycles. The van der Waals surface area contributed by atoms with E-state index in [-0.39, 0.29) is 29.9 Å². The molecule has 0 radical (unpaired) electrons. The zero-order chi connectivity index (χ0) is 16.4. The maximum Gasteiger partial charge on any atom is 0.224 e. The van der Waals surface area contributed by atoms with Crippen LogP contribution in [-0.2, 0) is 11.3 Å². The molecule has 0 unspecified atom stereocenters. The molecule has 0 aliphatic heterocycles. The first-order valence-corrected chi connectivity index (χ1v) is 7.93. The van der Waals surface area contributed by atoms with Crippen molar-refractivity contribution in [3.63, 3.8) is 0 Å². The van der Waals surface area contributed by atoms with Gasteiger partial charge in [-0.2, -0.15) is 0 Å². The summed E-state index contributed by atoms with van der Waals surface area (Å²) >= 11 is 0. The largest absolute Gasteiger partial charge is 0.370 e. The predicted molar refractivity (Wildman–Crippen MR) is 108 cm³/mol. The Kier molecular flexibility index (Phi) is 11.5. The fraction of sp³-hybridized carbons (Fsp3) is 0.529. The second kappa shape index (κ2) is 12.2. The van der Waals surface area contributed by atoms with Gasteiger partial charge in [-0.25, -0.2) is 4.99 Å². The van der Waals surface area contributed by atoms with E-state index in [1.54, 1.807) is 0 Å². The van der Waals surface area contributed by atoms with Crippen molar-refractivity contribution in [2.45, 2.75) is 46.6 Å². The molecule has 0 saturated carbocycles. The lowest BCUT2D eigenvalue weighted by molar-refractivity contribution is -0.116. The summed E-state index contributed by atoms with van der Waals surface area (Å²) in [5.41, 5.74) is 7.62. The molecule has 23 heavy (non-hydrogen) atoms. The Balaban J connectivity index is 0.00000484. The van der Waals surface area contributed by atoms with Crippen molar-refractivity contribution >= 4 is 41.5 Å². The molecule has 0 aromatic heterocycles. The molecule has 6 heteroatoms. The van der Waals surface area contributed by atoms with Gasteiger partial charge >= 0.3 is 0 Å². The van der Waals surface area contributed by atoms with Crippen molar-refractivity contribution in [3.8, 4) is 0 Å². The van der Waals surface area contributed by atoms with Gasteiger partial charge in [0.05, 0.1) is 6.54 Å². The molecule has 130 valence electrons. The van der Waals surface area contributed by atoms with E-state index in [4.69, 9.17) is 5.73 Å². The van der Waals surface area contributed by atoms with Crippen molar-refractivity contribution in [1.29, 1.82) is 0 Å². The molecule has 0 fully saturated rings. The lowest BCUT2D eigenvalue weighted by Gasteiger charge is -2.08. The summed E-state index contributed by atoms with van der Waals surface area (Å²) in [7, 11) is 0. The van der Waals surface area contributed by atoms with Gasteiger partial charge in [-0.1, -0.05) is 39.3 Å². The van der Waals surface area contributed by atoms with Gasteiger partial charge in [-0.15, -0.1) is 24.0 Å². The lowest BCUT2D eigenvalue weighted by atomic mass is 10.1. The molecular weight excluding hydrogens is 403 g/mol. The highest BCUT2D eigenvalue weighted by molar-refractivity contribution is 14.0. The number of hydrogen-bond acceptors (Lipinski definition) is 2. The quantitative estimate of drug-likeness (QED) is 0.255. The third-order valence-corrected chi connectivity index (χ3v) is 3.07. The zero-order valence-electron chi connectivity index (χ0n) is 14.3. The Morgan fingerprint density at radius 3 is 2.74 bits per heavy atom. The van der Waals surface area contributed by atoms with Crippen molar-refractivity contribution in [2.24, 2.45) is 16.6 Å². The standard InChI is InChI=1S/C17H28N4O.HI/c1-4-5-9-19-17(18)20-12-14-7-6-8-15(11-14)21-16(22)10-13(2)3;/h6-8,11,13H,4-5,9-10,12H2,1-3H3,(H,21,22)(H3,18,19,20);1H. The SMILES string of the molecule is CCCCNC(N)=NCc1cccc(NC(=O)CC(C)C)c1.I. The number of hydrogen-bond donors (Lipinski definition) is 3. The predicted octanol–water partition coefficient (Wildman–Crippen LogP) is 3.49. The van der Waals surface area contributed by atoms with E-state index in [0.717, 1.165) is 30.6 Å². The number of aliphatic imine (C=N–C) groups is 1. The Labute approximate surface area is 156 Å². The Morgan fingerprint density at radius 1 is 1.35 bits per heavy atom. The monoisotopic (exact) mass is 432 g/mol. The lowest BCUT2D eigenvalue weighted by Crippen LogP contribution is -2.32. The van der Waals surface area contributed by atoms with E-state index in [1.807, 2.05) is 38.1 Å². The molecule has 0 heterocycles. The number of halogens is 1. The van der Waals surface area contributed by atoms with Crippen molar-refractivity contribution in [1.82, 2.24) is 5.32 Å². The highest BCUT2D eigenvalue weighted by Crippen LogP contribution is 2.13. The topological polar surface area (TPSA) is 79.5 Å². The third kappa shape index (κ3) is 10.1.